The van der Waals surface area contributed by atoms with Crippen LogP contribution in [0.3, 0.4) is 0 Å². The Morgan fingerprint density at radius 3 is 2.60 bits per heavy atom. The van der Waals surface area contributed by atoms with Crippen molar-refractivity contribution < 1.29 is 5.11 Å². The third kappa shape index (κ3) is 1.38. The van der Waals surface area contributed by atoms with Gasteiger partial charge in [-0.3, -0.25) is 0 Å². The number of diazo groups is 1. The van der Waals surface area contributed by atoms with Crippen molar-refractivity contribution in [3.05, 3.63) is 17.1 Å². The molecule has 0 spiro atoms. The lowest BCUT2D eigenvalue weighted by Gasteiger charge is -2.10. The van der Waals surface area contributed by atoms with E-state index in [2.05, 4.69) is 4.98 Å². The minimum atomic E-state index is 0.0556. The van der Waals surface area contributed by atoms with E-state index in [-0.39, 0.29) is 5.88 Å². The van der Waals surface area contributed by atoms with Gasteiger partial charge in [0.25, 0.3) is 5.88 Å². The van der Waals surface area contributed by atoms with Crippen LogP contribution in [-0.2, 0) is 0 Å². The molecule has 0 unspecified atom stereocenters. The van der Waals surface area contributed by atoms with E-state index in [9.17, 15) is 0 Å². The summed E-state index contributed by atoms with van der Waals surface area (Å²) in [5.74, 6) is 0.0556. The molecule has 1 aliphatic rings. The molecule has 1 fully saturated rings. The summed E-state index contributed by atoms with van der Waals surface area (Å²) in [4.78, 5) is 4.50. The second-order valence-corrected chi connectivity index (χ2v) is 2.30. The van der Waals surface area contributed by atoms with E-state index in [1.54, 1.807) is 4.90 Å². The van der Waals surface area contributed by atoms with Gasteiger partial charge in [-0.05, 0) is 12.8 Å². The number of likely N-dealkylation sites (tertiary alicyclic amines) is 1. The zero-order valence-corrected chi connectivity index (χ0v) is 5.69. The first kappa shape index (κ1) is 6.87. The van der Waals surface area contributed by atoms with Gasteiger partial charge < -0.3 is 10.0 Å². The zero-order chi connectivity index (χ0) is 7.40. The molecule has 0 aromatic carbocycles. The Morgan fingerprint density at radius 2 is 2.10 bits per heavy atom. The first-order valence-electron chi connectivity index (χ1n) is 3.33. The van der Waals surface area contributed by atoms with E-state index in [0.717, 1.165) is 32.1 Å². The molecule has 0 atom stereocenters. The second kappa shape index (κ2) is 3.06. The van der Waals surface area contributed by atoms with Gasteiger partial charge in [-0.25, -0.2) is 0 Å². The van der Waals surface area contributed by atoms with Crippen LogP contribution in [-0.4, -0.2) is 23.1 Å². The number of aliphatic hydroxyl groups excluding tert-OH is 1. The lowest BCUT2D eigenvalue weighted by atomic mass is 10.4. The van der Waals surface area contributed by atoms with Crippen molar-refractivity contribution in [3.63, 3.8) is 0 Å². The normalized spacial score (nSPS) is 19.1. The third-order valence-electron chi connectivity index (χ3n) is 1.60. The van der Waals surface area contributed by atoms with Gasteiger partial charge in [0, 0.05) is 13.1 Å². The Hall–Kier alpha value is -1.24. The highest BCUT2D eigenvalue weighted by Crippen LogP contribution is 2.11. The smallest absolute Gasteiger partial charge is 0.409 e. The summed E-state index contributed by atoms with van der Waals surface area (Å²) in [6, 6.07) is 0. The molecule has 1 N–H and O–H groups in total. The van der Waals surface area contributed by atoms with E-state index in [4.69, 9.17) is 10.5 Å². The maximum absolute atomic E-state index is 9.08. The molecule has 1 aliphatic heterocycles. The molecular formula is C6H10N3O+. The minimum absolute atomic E-state index is 0.0556. The van der Waals surface area contributed by atoms with Gasteiger partial charge in [0.2, 0.25) is 5.39 Å². The highest BCUT2D eigenvalue weighted by Gasteiger charge is 2.16. The molecule has 10 heavy (non-hydrogen) atoms. The summed E-state index contributed by atoms with van der Waals surface area (Å²) < 4.78 is 0. The zero-order valence-electron chi connectivity index (χ0n) is 5.69. The van der Waals surface area contributed by atoms with Crippen molar-refractivity contribution in [3.8, 4) is 0 Å². The monoisotopic (exact) mass is 140 g/mol. The molecular weight excluding hydrogens is 130 g/mol. The van der Waals surface area contributed by atoms with Gasteiger partial charge in [0.1, 0.15) is 0 Å². The first-order chi connectivity index (χ1) is 4.84. The lowest BCUT2D eigenvalue weighted by Crippen LogP contribution is -2.17. The van der Waals surface area contributed by atoms with Crippen LogP contribution in [0.15, 0.2) is 12.1 Å². The molecule has 4 nitrogen and oxygen atoms in total. The van der Waals surface area contributed by atoms with Gasteiger partial charge in [-0.2, -0.15) is 0 Å². The highest BCUT2D eigenvalue weighted by atomic mass is 16.3. The fourth-order valence-corrected chi connectivity index (χ4v) is 1.08. The van der Waals surface area contributed by atoms with E-state index in [1.165, 1.54) is 0 Å². The van der Waals surface area contributed by atoms with E-state index < -0.39 is 0 Å². The minimum Gasteiger partial charge on any atom is -0.489 e. The number of hydrogen-bond acceptors (Lipinski definition) is 3. The summed E-state index contributed by atoms with van der Waals surface area (Å²) >= 11 is 0. The quantitative estimate of drug-likeness (QED) is 0.441. The SMILES string of the molecule is N#[N+]/C=C(/O)N1CCCC1. The first-order valence-corrected chi connectivity index (χ1v) is 3.33. The molecule has 0 saturated carbocycles. The summed E-state index contributed by atoms with van der Waals surface area (Å²) in [5.41, 5.74) is 0. The third-order valence-corrected chi connectivity index (χ3v) is 1.60. The van der Waals surface area contributed by atoms with Crippen molar-refractivity contribution in [1.82, 2.24) is 4.90 Å². The Bertz CT molecular complexity index is 176. The Balaban J connectivity index is 2.49. The summed E-state index contributed by atoms with van der Waals surface area (Å²) in [7, 11) is 0. The molecule has 0 aromatic heterocycles. The summed E-state index contributed by atoms with van der Waals surface area (Å²) in [6.07, 6.45) is 3.25. The van der Waals surface area contributed by atoms with Crippen LogP contribution in [0.2, 0.25) is 0 Å². The standard InChI is InChI=1S/C6H9N3O/c7-8-5-6(10)9-3-1-2-4-9/h5H,1-4H2/p+1/b6-5+. The van der Waals surface area contributed by atoms with Crippen molar-refractivity contribution in [2.45, 2.75) is 12.8 Å². The molecule has 0 amide bonds. The molecule has 0 bridgehead atoms. The topological polar surface area (TPSA) is 51.6 Å². The molecule has 0 radical (unpaired) electrons. The fourth-order valence-electron chi connectivity index (χ4n) is 1.08. The predicted octanol–water partition coefficient (Wildman–Crippen LogP) is 1.29. The number of hydrogen-bond donors (Lipinski definition) is 1. The van der Waals surface area contributed by atoms with Crippen LogP contribution in [0, 0.1) is 5.39 Å². The van der Waals surface area contributed by atoms with E-state index >= 15 is 0 Å². The molecule has 4 heteroatoms. The van der Waals surface area contributed by atoms with Crippen molar-refractivity contribution in [2.75, 3.05) is 13.1 Å². The van der Waals surface area contributed by atoms with E-state index in [0.29, 0.717) is 0 Å². The second-order valence-electron chi connectivity index (χ2n) is 2.30. The summed E-state index contributed by atoms with van der Waals surface area (Å²) in [6.45, 7) is 1.72. The molecule has 1 rings (SSSR count). The van der Waals surface area contributed by atoms with Crippen LogP contribution in [0.4, 0.5) is 0 Å². The van der Waals surface area contributed by atoms with Gasteiger partial charge in [0.05, 0.1) is 0 Å². The van der Waals surface area contributed by atoms with E-state index in [1.807, 2.05) is 0 Å². The summed E-state index contributed by atoms with van der Waals surface area (Å²) in [5, 5.41) is 17.1. The number of aliphatic hydroxyl groups is 1. The van der Waals surface area contributed by atoms with Gasteiger partial charge in [-0.15, -0.1) is 0 Å². The van der Waals surface area contributed by atoms with Crippen molar-refractivity contribution >= 4 is 0 Å². The highest BCUT2D eigenvalue weighted by molar-refractivity contribution is 4.96. The maximum Gasteiger partial charge on any atom is 0.409 e. The molecule has 0 aromatic rings. The maximum atomic E-state index is 9.08. The van der Waals surface area contributed by atoms with Crippen LogP contribution in [0.1, 0.15) is 12.8 Å². The van der Waals surface area contributed by atoms with Gasteiger partial charge in [-0.1, -0.05) is 0 Å². The van der Waals surface area contributed by atoms with Gasteiger partial charge in [0.15, 0.2) is 4.98 Å². The molecule has 54 valence electrons. The largest absolute Gasteiger partial charge is 0.489 e. The van der Waals surface area contributed by atoms with Crippen molar-refractivity contribution in [2.24, 2.45) is 0 Å². The Kier molecular flexibility index (Phi) is 2.11. The average molecular weight is 140 g/mol. The van der Waals surface area contributed by atoms with Gasteiger partial charge >= 0.3 is 6.20 Å². The molecule has 1 heterocycles. The van der Waals surface area contributed by atoms with Crippen LogP contribution >= 0.6 is 0 Å². The van der Waals surface area contributed by atoms with Crippen LogP contribution in [0.5, 0.6) is 0 Å². The fraction of sp³-hybridized carbons (Fsp3) is 0.667. The van der Waals surface area contributed by atoms with Crippen molar-refractivity contribution in [1.29, 1.82) is 5.39 Å². The van der Waals surface area contributed by atoms with Crippen LogP contribution in [0.25, 0.3) is 4.98 Å². The average Bonchev–Trinajstić information content (AvgIpc) is 2.38. The molecule has 1 saturated heterocycles. The lowest BCUT2D eigenvalue weighted by molar-refractivity contribution is 0.233. The number of rotatable bonds is 1. The Labute approximate surface area is 59.4 Å². The Morgan fingerprint density at radius 1 is 1.50 bits per heavy atom. The molecule has 0 aliphatic carbocycles. The number of nitrogens with zero attached hydrogens (tertiary/aromatic N) is 3. The predicted molar refractivity (Wildman–Crippen MR) is 36.6 cm³/mol. The van der Waals surface area contributed by atoms with Crippen LogP contribution < -0.4 is 0 Å².